The van der Waals surface area contributed by atoms with Crippen molar-refractivity contribution in [2.75, 3.05) is 11.9 Å². The van der Waals surface area contributed by atoms with Crippen LogP contribution in [0.3, 0.4) is 0 Å². The van der Waals surface area contributed by atoms with Crippen molar-refractivity contribution < 1.29 is 13.2 Å². The Labute approximate surface area is 96.4 Å². The van der Waals surface area contributed by atoms with Crippen molar-refractivity contribution in [3.63, 3.8) is 0 Å². The molecule has 0 amide bonds. The number of alkyl halides is 3. The van der Waals surface area contributed by atoms with Crippen LogP contribution in [0, 0.1) is 0 Å². The molecule has 5 heteroatoms. The molecule has 1 aromatic carbocycles. The Hall–Kier alpha value is -0.840. The van der Waals surface area contributed by atoms with Crippen molar-refractivity contribution in [3.05, 3.63) is 23.8 Å². The Morgan fingerprint density at radius 3 is 2.81 bits per heavy atom. The summed E-state index contributed by atoms with van der Waals surface area (Å²) < 4.78 is 37.5. The van der Waals surface area contributed by atoms with Gasteiger partial charge in [-0.3, -0.25) is 0 Å². The van der Waals surface area contributed by atoms with Crippen LogP contribution in [0.1, 0.15) is 18.9 Å². The van der Waals surface area contributed by atoms with Crippen molar-refractivity contribution in [1.82, 2.24) is 0 Å². The summed E-state index contributed by atoms with van der Waals surface area (Å²) in [4.78, 5) is 0.901. The molecule has 1 aliphatic rings. The van der Waals surface area contributed by atoms with Gasteiger partial charge in [-0.1, -0.05) is 6.92 Å². The van der Waals surface area contributed by atoms with Crippen LogP contribution in [-0.2, 0) is 6.18 Å². The molecule has 0 aliphatic carbocycles. The van der Waals surface area contributed by atoms with Crippen molar-refractivity contribution in [2.24, 2.45) is 0 Å². The standard InChI is InChI=1S/C11H12F3NS/c1-7-4-5-15-9-6-8(11(12,13)14)2-3-10(9)16-7/h2-3,6-7,15H,4-5H2,1H3. The van der Waals surface area contributed by atoms with Gasteiger partial charge in [0.2, 0.25) is 0 Å². The maximum Gasteiger partial charge on any atom is 0.416 e. The van der Waals surface area contributed by atoms with Crippen LogP contribution in [0.5, 0.6) is 0 Å². The van der Waals surface area contributed by atoms with Gasteiger partial charge in [0.05, 0.1) is 5.56 Å². The van der Waals surface area contributed by atoms with E-state index in [0.717, 1.165) is 23.9 Å². The minimum atomic E-state index is -4.26. The maximum atomic E-state index is 12.5. The SMILES string of the molecule is CC1CCNc2cc(C(F)(F)F)ccc2S1. The molecule has 0 aromatic heterocycles. The Morgan fingerprint density at radius 1 is 1.38 bits per heavy atom. The largest absolute Gasteiger partial charge is 0.416 e. The van der Waals surface area contributed by atoms with Crippen molar-refractivity contribution >= 4 is 17.4 Å². The van der Waals surface area contributed by atoms with Gasteiger partial charge in [0.25, 0.3) is 0 Å². The predicted octanol–water partition coefficient (Wildman–Crippen LogP) is 4.00. The second kappa shape index (κ2) is 4.20. The highest BCUT2D eigenvalue weighted by Crippen LogP contribution is 2.38. The Balaban J connectivity index is 2.35. The molecule has 1 unspecified atom stereocenters. The van der Waals surface area contributed by atoms with Crippen LogP contribution in [0.4, 0.5) is 18.9 Å². The number of benzene rings is 1. The molecule has 1 aromatic rings. The van der Waals surface area contributed by atoms with E-state index >= 15 is 0 Å². The highest BCUT2D eigenvalue weighted by Gasteiger charge is 2.31. The third-order valence-electron chi connectivity index (χ3n) is 2.50. The molecule has 0 saturated heterocycles. The highest BCUT2D eigenvalue weighted by molar-refractivity contribution is 8.00. The van der Waals surface area contributed by atoms with Gasteiger partial charge < -0.3 is 5.32 Å². The second-order valence-corrected chi connectivity index (χ2v) is 5.33. The quantitative estimate of drug-likeness (QED) is 0.743. The minimum Gasteiger partial charge on any atom is -0.384 e. The third-order valence-corrected chi connectivity index (χ3v) is 3.75. The monoisotopic (exact) mass is 247 g/mol. The molecule has 2 rings (SSSR count). The first-order valence-corrected chi connectivity index (χ1v) is 5.96. The van der Waals surface area contributed by atoms with Crippen LogP contribution in [0.25, 0.3) is 0 Å². The molecule has 1 N–H and O–H groups in total. The van der Waals surface area contributed by atoms with Gasteiger partial charge in [-0.2, -0.15) is 13.2 Å². The lowest BCUT2D eigenvalue weighted by atomic mass is 10.2. The number of rotatable bonds is 0. The Bertz CT molecular complexity index is 389. The number of nitrogens with one attached hydrogen (secondary N) is 1. The summed E-state index contributed by atoms with van der Waals surface area (Å²) in [7, 11) is 0. The van der Waals surface area contributed by atoms with E-state index < -0.39 is 11.7 Å². The zero-order valence-electron chi connectivity index (χ0n) is 8.77. The molecule has 0 fully saturated rings. The van der Waals surface area contributed by atoms with E-state index in [1.807, 2.05) is 0 Å². The summed E-state index contributed by atoms with van der Waals surface area (Å²) in [6, 6.07) is 3.89. The number of halogens is 3. The summed E-state index contributed by atoms with van der Waals surface area (Å²) in [6.45, 7) is 2.81. The van der Waals surface area contributed by atoms with E-state index in [2.05, 4.69) is 12.2 Å². The average molecular weight is 247 g/mol. The highest BCUT2D eigenvalue weighted by atomic mass is 32.2. The Kier molecular flexibility index (Phi) is 3.06. The van der Waals surface area contributed by atoms with Gasteiger partial charge in [0, 0.05) is 22.4 Å². The van der Waals surface area contributed by atoms with Gasteiger partial charge in [-0.05, 0) is 24.6 Å². The zero-order chi connectivity index (χ0) is 11.8. The van der Waals surface area contributed by atoms with E-state index in [-0.39, 0.29) is 0 Å². The summed E-state index contributed by atoms with van der Waals surface area (Å²) in [6.07, 6.45) is -3.31. The first kappa shape index (κ1) is 11.6. The normalized spacial score (nSPS) is 20.9. The van der Waals surface area contributed by atoms with Crippen molar-refractivity contribution in [3.8, 4) is 0 Å². The summed E-state index contributed by atoms with van der Waals surface area (Å²) in [5.41, 5.74) is 0.0121. The van der Waals surface area contributed by atoms with E-state index in [1.54, 1.807) is 17.8 Å². The molecule has 1 heterocycles. The van der Waals surface area contributed by atoms with E-state index in [0.29, 0.717) is 10.9 Å². The molecule has 0 bridgehead atoms. The third kappa shape index (κ3) is 2.45. The zero-order valence-corrected chi connectivity index (χ0v) is 9.58. The number of anilines is 1. The topological polar surface area (TPSA) is 12.0 Å². The summed E-state index contributed by atoms with van der Waals surface area (Å²) in [5, 5.41) is 3.48. The molecule has 0 saturated carbocycles. The summed E-state index contributed by atoms with van der Waals surface area (Å²) in [5.74, 6) is 0. The molecule has 0 radical (unpaired) electrons. The molecule has 16 heavy (non-hydrogen) atoms. The first-order valence-electron chi connectivity index (χ1n) is 5.08. The molecular formula is C11H12F3NS. The predicted molar refractivity (Wildman–Crippen MR) is 59.9 cm³/mol. The molecule has 88 valence electrons. The maximum absolute atomic E-state index is 12.5. The van der Waals surface area contributed by atoms with Gasteiger partial charge in [-0.15, -0.1) is 11.8 Å². The van der Waals surface area contributed by atoms with E-state index in [1.165, 1.54) is 6.07 Å². The van der Waals surface area contributed by atoms with Crippen molar-refractivity contribution in [1.29, 1.82) is 0 Å². The van der Waals surface area contributed by atoms with Crippen LogP contribution in [0.15, 0.2) is 23.1 Å². The van der Waals surface area contributed by atoms with Crippen LogP contribution < -0.4 is 5.32 Å². The number of hydrogen-bond acceptors (Lipinski definition) is 2. The lowest BCUT2D eigenvalue weighted by Gasteiger charge is -2.12. The minimum absolute atomic E-state index is 0.436. The number of thioether (sulfide) groups is 1. The van der Waals surface area contributed by atoms with Crippen molar-refractivity contribution in [2.45, 2.75) is 29.7 Å². The van der Waals surface area contributed by atoms with Crippen LogP contribution in [0.2, 0.25) is 0 Å². The fourth-order valence-corrected chi connectivity index (χ4v) is 2.71. The van der Waals surface area contributed by atoms with E-state index in [4.69, 9.17) is 0 Å². The fourth-order valence-electron chi connectivity index (χ4n) is 1.63. The lowest BCUT2D eigenvalue weighted by Crippen LogP contribution is -2.07. The number of hydrogen-bond donors (Lipinski definition) is 1. The molecule has 1 nitrogen and oxygen atoms in total. The molecule has 1 atom stereocenters. The molecule has 0 spiro atoms. The fraction of sp³-hybridized carbons (Fsp3) is 0.455. The smallest absolute Gasteiger partial charge is 0.384 e. The van der Waals surface area contributed by atoms with Crippen LogP contribution >= 0.6 is 11.8 Å². The molecule has 1 aliphatic heterocycles. The van der Waals surface area contributed by atoms with Gasteiger partial charge in [0.1, 0.15) is 0 Å². The lowest BCUT2D eigenvalue weighted by molar-refractivity contribution is -0.137. The second-order valence-electron chi connectivity index (χ2n) is 3.85. The summed E-state index contributed by atoms with van der Waals surface area (Å²) >= 11 is 1.62. The van der Waals surface area contributed by atoms with Gasteiger partial charge in [-0.25, -0.2) is 0 Å². The first-order chi connectivity index (χ1) is 7.47. The average Bonchev–Trinajstić information content (AvgIpc) is 2.35. The van der Waals surface area contributed by atoms with Crippen LogP contribution in [-0.4, -0.2) is 11.8 Å². The Morgan fingerprint density at radius 2 is 2.12 bits per heavy atom. The number of fused-ring (bicyclic) bond motifs is 1. The molecular weight excluding hydrogens is 235 g/mol. The van der Waals surface area contributed by atoms with E-state index in [9.17, 15) is 13.2 Å². The van der Waals surface area contributed by atoms with Gasteiger partial charge >= 0.3 is 6.18 Å². The van der Waals surface area contributed by atoms with Gasteiger partial charge in [0.15, 0.2) is 0 Å².